The highest BCUT2D eigenvalue weighted by atomic mass is 32.2. The third kappa shape index (κ3) is 3.27. The molecule has 1 aliphatic heterocycles. The van der Waals surface area contributed by atoms with E-state index in [1.165, 1.54) is 0 Å². The number of nitrogens with zero attached hydrogens (tertiary/aromatic N) is 2. The molecule has 2 aromatic rings. The summed E-state index contributed by atoms with van der Waals surface area (Å²) < 4.78 is 11.0. The van der Waals surface area contributed by atoms with E-state index in [1.54, 1.807) is 17.8 Å². The molecule has 2 heterocycles. The molecule has 1 aromatic carbocycles. The number of carbonyl (C=O) groups is 1. The standard InChI is InChI=1S/C16H18N2O3S/c1-22-15-7-3-2-6-14(15)20-11-12-10-13(17-21-12)16(19)18-8-4-5-9-18/h2-3,6-7,10H,4-5,8-9,11H2,1H3. The van der Waals surface area contributed by atoms with E-state index < -0.39 is 0 Å². The number of thioether (sulfide) groups is 1. The molecule has 0 bridgehead atoms. The molecule has 1 amide bonds. The van der Waals surface area contributed by atoms with Crippen LogP contribution < -0.4 is 4.74 Å². The number of likely N-dealkylation sites (tertiary alicyclic amines) is 1. The molecular weight excluding hydrogens is 300 g/mol. The van der Waals surface area contributed by atoms with Crippen LogP contribution in [0.2, 0.25) is 0 Å². The third-order valence-corrected chi connectivity index (χ3v) is 4.39. The van der Waals surface area contributed by atoms with Crippen LogP contribution in [0.4, 0.5) is 0 Å². The zero-order chi connectivity index (χ0) is 15.4. The summed E-state index contributed by atoms with van der Waals surface area (Å²) >= 11 is 1.63. The van der Waals surface area contributed by atoms with Crippen LogP contribution >= 0.6 is 11.8 Å². The highest BCUT2D eigenvalue weighted by Gasteiger charge is 2.22. The Balaban J connectivity index is 1.63. The van der Waals surface area contributed by atoms with E-state index in [0.29, 0.717) is 11.5 Å². The number of carbonyl (C=O) groups excluding carboxylic acids is 1. The minimum absolute atomic E-state index is 0.0583. The molecule has 0 atom stereocenters. The summed E-state index contributed by atoms with van der Waals surface area (Å²) in [7, 11) is 0. The van der Waals surface area contributed by atoms with Crippen molar-refractivity contribution in [3.8, 4) is 5.75 Å². The Labute approximate surface area is 133 Å². The van der Waals surface area contributed by atoms with Gasteiger partial charge in [-0.15, -0.1) is 11.8 Å². The third-order valence-electron chi connectivity index (χ3n) is 3.61. The maximum absolute atomic E-state index is 12.2. The molecule has 0 aliphatic carbocycles. The molecule has 1 aromatic heterocycles. The van der Waals surface area contributed by atoms with Gasteiger partial charge in [0.1, 0.15) is 12.4 Å². The number of aromatic nitrogens is 1. The number of benzene rings is 1. The number of para-hydroxylation sites is 1. The quantitative estimate of drug-likeness (QED) is 0.792. The van der Waals surface area contributed by atoms with Crippen molar-refractivity contribution in [1.29, 1.82) is 0 Å². The van der Waals surface area contributed by atoms with Crippen molar-refractivity contribution in [2.24, 2.45) is 0 Å². The van der Waals surface area contributed by atoms with Crippen LogP contribution in [0.25, 0.3) is 0 Å². The highest BCUT2D eigenvalue weighted by molar-refractivity contribution is 7.98. The van der Waals surface area contributed by atoms with E-state index in [1.807, 2.05) is 35.4 Å². The molecule has 0 spiro atoms. The molecule has 3 rings (SSSR count). The van der Waals surface area contributed by atoms with Crippen LogP contribution in [0.3, 0.4) is 0 Å². The zero-order valence-corrected chi connectivity index (χ0v) is 13.3. The van der Waals surface area contributed by atoms with Gasteiger partial charge in [-0.2, -0.15) is 0 Å². The first-order valence-electron chi connectivity index (χ1n) is 7.28. The summed E-state index contributed by atoms with van der Waals surface area (Å²) in [6.45, 7) is 1.87. The van der Waals surface area contributed by atoms with E-state index in [9.17, 15) is 4.79 Å². The normalized spacial score (nSPS) is 14.3. The van der Waals surface area contributed by atoms with Crippen molar-refractivity contribution >= 4 is 17.7 Å². The lowest BCUT2D eigenvalue weighted by atomic mass is 10.3. The second kappa shape index (κ2) is 6.87. The summed E-state index contributed by atoms with van der Waals surface area (Å²) in [5.41, 5.74) is 0.360. The summed E-state index contributed by atoms with van der Waals surface area (Å²) in [4.78, 5) is 15.1. The van der Waals surface area contributed by atoms with E-state index in [0.717, 1.165) is 36.6 Å². The van der Waals surface area contributed by atoms with Gasteiger partial charge in [-0.25, -0.2) is 0 Å². The van der Waals surface area contributed by atoms with E-state index >= 15 is 0 Å². The molecule has 1 saturated heterocycles. The maximum Gasteiger partial charge on any atom is 0.276 e. The van der Waals surface area contributed by atoms with E-state index in [-0.39, 0.29) is 12.5 Å². The number of amides is 1. The molecule has 116 valence electrons. The second-order valence-electron chi connectivity index (χ2n) is 5.12. The molecule has 0 radical (unpaired) electrons. The maximum atomic E-state index is 12.2. The van der Waals surface area contributed by atoms with Crippen molar-refractivity contribution in [1.82, 2.24) is 10.1 Å². The summed E-state index contributed by atoms with van der Waals surface area (Å²) in [6.07, 6.45) is 4.12. The first-order chi connectivity index (χ1) is 10.8. The van der Waals surface area contributed by atoms with Crippen LogP contribution in [0, 0.1) is 0 Å². The van der Waals surface area contributed by atoms with Gasteiger partial charge in [-0.1, -0.05) is 17.3 Å². The second-order valence-corrected chi connectivity index (χ2v) is 5.97. The topological polar surface area (TPSA) is 55.6 Å². The van der Waals surface area contributed by atoms with Crippen LogP contribution in [0.1, 0.15) is 29.1 Å². The van der Waals surface area contributed by atoms with Crippen molar-refractivity contribution in [2.75, 3.05) is 19.3 Å². The summed E-state index contributed by atoms with van der Waals surface area (Å²) in [6, 6.07) is 9.49. The lowest BCUT2D eigenvalue weighted by Crippen LogP contribution is -2.27. The molecule has 1 fully saturated rings. The number of ether oxygens (including phenoxy) is 1. The minimum Gasteiger partial charge on any atom is -0.484 e. The number of hydrogen-bond acceptors (Lipinski definition) is 5. The van der Waals surface area contributed by atoms with Gasteiger partial charge in [0.2, 0.25) is 0 Å². The van der Waals surface area contributed by atoms with Gasteiger partial charge in [0.25, 0.3) is 5.91 Å². The van der Waals surface area contributed by atoms with Crippen molar-refractivity contribution < 1.29 is 14.1 Å². The van der Waals surface area contributed by atoms with Crippen molar-refractivity contribution in [2.45, 2.75) is 24.3 Å². The SMILES string of the molecule is CSc1ccccc1OCc1cc(C(=O)N2CCCC2)no1. The highest BCUT2D eigenvalue weighted by Crippen LogP contribution is 2.27. The first kappa shape index (κ1) is 15.0. The Kier molecular flexibility index (Phi) is 4.68. The number of rotatable bonds is 5. The molecular formula is C16H18N2O3S. The van der Waals surface area contributed by atoms with Crippen molar-refractivity contribution in [3.05, 3.63) is 41.8 Å². The van der Waals surface area contributed by atoms with Crippen LogP contribution in [0.5, 0.6) is 5.75 Å². The van der Waals surface area contributed by atoms with Gasteiger partial charge in [0.05, 0.1) is 0 Å². The van der Waals surface area contributed by atoms with Crippen molar-refractivity contribution in [3.63, 3.8) is 0 Å². The molecule has 22 heavy (non-hydrogen) atoms. The fraction of sp³-hybridized carbons (Fsp3) is 0.375. The van der Waals surface area contributed by atoms with Crippen LogP contribution in [-0.4, -0.2) is 35.3 Å². The monoisotopic (exact) mass is 318 g/mol. The first-order valence-corrected chi connectivity index (χ1v) is 8.51. The van der Waals surface area contributed by atoms with Gasteiger partial charge >= 0.3 is 0 Å². The smallest absolute Gasteiger partial charge is 0.276 e. The predicted molar refractivity (Wildman–Crippen MR) is 84.2 cm³/mol. The average Bonchev–Trinajstić information content (AvgIpc) is 3.24. The largest absolute Gasteiger partial charge is 0.484 e. The minimum atomic E-state index is -0.0583. The van der Waals surface area contributed by atoms with E-state index in [2.05, 4.69) is 5.16 Å². The van der Waals surface area contributed by atoms with Gasteiger partial charge in [-0.3, -0.25) is 4.79 Å². The summed E-state index contributed by atoms with van der Waals surface area (Å²) in [5.74, 6) is 1.30. The van der Waals surface area contributed by atoms with Gasteiger partial charge in [0, 0.05) is 24.1 Å². The Bertz CT molecular complexity index is 650. The average molecular weight is 318 g/mol. The molecule has 6 heteroatoms. The fourth-order valence-corrected chi connectivity index (χ4v) is 2.99. The Morgan fingerprint density at radius 3 is 2.91 bits per heavy atom. The predicted octanol–water partition coefficient (Wildman–Crippen LogP) is 3.21. The van der Waals surface area contributed by atoms with Gasteiger partial charge < -0.3 is 14.2 Å². The molecule has 1 aliphatic rings. The van der Waals surface area contributed by atoms with E-state index in [4.69, 9.17) is 9.26 Å². The van der Waals surface area contributed by atoms with Crippen LogP contribution in [0.15, 0.2) is 39.8 Å². The number of hydrogen-bond donors (Lipinski definition) is 0. The molecule has 0 unspecified atom stereocenters. The lowest BCUT2D eigenvalue weighted by Gasteiger charge is -2.12. The Morgan fingerprint density at radius 1 is 1.36 bits per heavy atom. The summed E-state index contributed by atoms with van der Waals surface area (Å²) in [5, 5.41) is 3.86. The lowest BCUT2D eigenvalue weighted by molar-refractivity contribution is 0.0782. The molecule has 5 nitrogen and oxygen atoms in total. The molecule has 0 N–H and O–H groups in total. The molecule has 0 saturated carbocycles. The zero-order valence-electron chi connectivity index (χ0n) is 12.4. The van der Waals surface area contributed by atoms with Gasteiger partial charge in [-0.05, 0) is 31.2 Å². The van der Waals surface area contributed by atoms with Gasteiger partial charge in [0.15, 0.2) is 11.5 Å². The Morgan fingerprint density at radius 2 is 2.14 bits per heavy atom. The fourth-order valence-electron chi connectivity index (χ4n) is 2.45. The Hall–Kier alpha value is -1.95. The van der Waals surface area contributed by atoms with Crippen LogP contribution in [-0.2, 0) is 6.61 Å².